The van der Waals surface area contributed by atoms with Crippen LogP contribution in [0.1, 0.15) is 33.4 Å². The summed E-state index contributed by atoms with van der Waals surface area (Å²) in [5.74, 6) is 0. The van der Waals surface area contributed by atoms with Gasteiger partial charge in [-0.1, -0.05) is 88.2 Å². The molecule has 0 saturated carbocycles. The minimum Gasteiger partial charge on any atom is -0.308 e. The van der Waals surface area contributed by atoms with Crippen molar-refractivity contribution in [2.45, 2.75) is 25.9 Å². The Balaban J connectivity index is 1.22. The molecule has 0 aliphatic rings. The topological polar surface area (TPSA) is 123 Å². The number of para-hydroxylation sites is 1. The van der Waals surface area contributed by atoms with Gasteiger partial charge in [-0.25, -0.2) is 14.4 Å². The van der Waals surface area contributed by atoms with Crippen molar-refractivity contribution in [3.63, 3.8) is 0 Å². The third kappa shape index (κ3) is 11.6. The first-order chi connectivity index (χ1) is 27.3. The number of rotatable bonds is 10. The maximum absolute atomic E-state index is 13.3. The number of urea groups is 3. The third-order valence-corrected chi connectivity index (χ3v) is 9.37. The van der Waals surface area contributed by atoms with E-state index in [4.69, 9.17) is 11.6 Å². The predicted octanol–water partition coefficient (Wildman–Crippen LogP) is 12.5. The molecule has 0 aliphatic heterocycles. The fourth-order valence-corrected chi connectivity index (χ4v) is 6.50. The lowest BCUT2D eigenvalue weighted by Crippen LogP contribution is -2.21. The van der Waals surface area contributed by atoms with Crippen molar-refractivity contribution < 1.29 is 27.6 Å². The van der Waals surface area contributed by atoms with Gasteiger partial charge in [0.1, 0.15) is 0 Å². The number of anilines is 6. The van der Waals surface area contributed by atoms with Gasteiger partial charge in [-0.05, 0) is 120 Å². The molecule has 6 aromatic rings. The van der Waals surface area contributed by atoms with E-state index in [2.05, 4.69) is 47.8 Å². The maximum Gasteiger partial charge on any atom is 0.416 e. The summed E-state index contributed by atoms with van der Waals surface area (Å²) in [5.41, 5.74) is 5.82. The van der Waals surface area contributed by atoms with Crippen LogP contribution in [-0.4, -0.2) is 18.1 Å². The molecule has 0 saturated heterocycles. The fraction of sp³-hybridized carbons (Fsp3) is 0.0930. The number of aryl methyl sites for hydroxylation is 1. The van der Waals surface area contributed by atoms with Crippen molar-refractivity contribution in [3.05, 3.63) is 176 Å². The summed E-state index contributed by atoms with van der Waals surface area (Å²) in [6.07, 6.45) is -3.83. The van der Waals surface area contributed by atoms with E-state index in [1.807, 2.05) is 61.5 Å². The summed E-state index contributed by atoms with van der Waals surface area (Å²) in [7, 11) is 0. The molecule has 6 amide bonds. The second kappa shape index (κ2) is 18.1. The van der Waals surface area contributed by atoms with Crippen LogP contribution in [0.5, 0.6) is 0 Å². The number of nitrogens with one attached hydrogen (secondary N) is 6. The lowest BCUT2D eigenvalue weighted by Gasteiger charge is -2.17. The molecule has 6 N–H and O–H groups in total. The molecular formula is C43H35BrClF3N6O3. The van der Waals surface area contributed by atoms with Crippen LogP contribution >= 0.6 is 27.5 Å². The predicted molar refractivity (Wildman–Crippen MR) is 225 cm³/mol. The van der Waals surface area contributed by atoms with E-state index >= 15 is 0 Å². The molecule has 0 spiro atoms. The fourth-order valence-electron chi connectivity index (χ4n) is 5.91. The molecule has 14 heteroatoms. The lowest BCUT2D eigenvalue weighted by molar-refractivity contribution is -0.137. The summed E-state index contributed by atoms with van der Waals surface area (Å²) in [4.78, 5) is 39.1. The van der Waals surface area contributed by atoms with E-state index in [1.54, 1.807) is 54.6 Å². The Hall–Kier alpha value is -6.31. The molecule has 9 nitrogen and oxygen atoms in total. The largest absolute Gasteiger partial charge is 0.416 e. The molecular weight excluding hydrogens is 821 g/mol. The molecule has 0 atom stereocenters. The molecule has 0 aliphatic carbocycles. The summed E-state index contributed by atoms with van der Waals surface area (Å²) in [5, 5.41) is 17.2. The quantitative estimate of drug-likeness (QED) is 0.0822. The van der Waals surface area contributed by atoms with E-state index in [9.17, 15) is 27.6 Å². The number of carbonyl (C=O) groups excluding carboxylic acids is 3. The van der Waals surface area contributed by atoms with Gasteiger partial charge in [0, 0.05) is 43.6 Å². The van der Waals surface area contributed by atoms with Crippen LogP contribution in [0.2, 0.25) is 5.02 Å². The van der Waals surface area contributed by atoms with Crippen LogP contribution in [-0.2, 0) is 19.0 Å². The van der Waals surface area contributed by atoms with E-state index in [-0.39, 0.29) is 5.69 Å². The van der Waals surface area contributed by atoms with Crippen molar-refractivity contribution in [1.29, 1.82) is 0 Å². The number of alkyl halides is 3. The van der Waals surface area contributed by atoms with Gasteiger partial charge in [-0.2, -0.15) is 13.2 Å². The van der Waals surface area contributed by atoms with E-state index < -0.39 is 29.8 Å². The van der Waals surface area contributed by atoms with Gasteiger partial charge in [0.15, 0.2) is 0 Å². The minimum atomic E-state index is -4.56. The number of halogens is 5. The Morgan fingerprint density at radius 2 is 1.07 bits per heavy atom. The standard InChI is InChI=1S/C43H35BrClF3N6O3/c1-26-15-16-27(21-38(26)53-41(56)50-35-12-5-9-32(44)24-35)20-30-18-17-28(22-39(30)54-42(57)51-36-13-6-10-33(45)25-36)19-29-7-2-3-14-37(29)52-40(55)49-34-11-4-8-31(23-34)43(46,47)48/h2-18,21-25H,19-20H2,1H3,(H2,49,52,55)(H2,50,53,56)(H2,51,54,57). The maximum atomic E-state index is 13.3. The van der Waals surface area contributed by atoms with Gasteiger partial charge in [0.05, 0.1) is 5.56 Å². The summed E-state index contributed by atoms with van der Waals surface area (Å²) < 4.78 is 40.5. The first kappa shape index (κ1) is 40.4. The van der Waals surface area contributed by atoms with Crippen LogP contribution < -0.4 is 31.9 Å². The smallest absolute Gasteiger partial charge is 0.308 e. The molecule has 0 aromatic heterocycles. The second-order valence-corrected chi connectivity index (χ2v) is 14.3. The highest BCUT2D eigenvalue weighted by atomic mass is 79.9. The highest BCUT2D eigenvalue weighted by molar-refractivity contribution is 9.10. The molecule has 6 aromatic carbocycles. The lowest BCUT2D eigenvalue weighted by atomic mass is 9.97. The van der Waals surface area contributed by atoms with Crippen LogP contribution in [0, 0.1) is 6.92 Å². The van der Waals surface area contributed by atoms with Gasteiger partial charge < -0.3 is 31.9 Å². The van der Waals surface area contributed by atoms with Crippen molar-refractivity contribution >= 4 is 79.7 Å². The second-order valence-electron chi connectivity index (χ2n) is 13.0. The summed E-state index contributed by atoms with van der Waals surface area (Å²) in [6.45, 7) is 1.89. The van der Waals surface area contributed by atoms with Crippen LogP contribution in [0.25, 0.3) is 0 Å². The highest BCUT2D eigenvalue weighted by Gasteiger charge is 2.30. The van der Waals surface area contributed by atoms with Crippen LogP contribution in [0.15, 0.2) is 138 Å². The Morgan fingerprint density at radius 3 is 1.72 bits per heavy atom. The number of benzene rings is 6. The Labute approximate surface area is 340 Å². The van der Waals surface area contributed by atoms with Gasteiger partial charge in [0.2, 0.25) is 0 Å². The monoisotopic (exact) mass is 854 g/mol. The first-order valence-corrected chi connectivity index (χ1v) is 18.7. The third-order valence-electron chi connectivity index (χ3n) is 8.64. The Bertz CT molecular complexity index is 2450. The minimum absolute atomic E-state index is 0.0116. The number of amides is 6. The van der Waals surface area contributed by atoms with Gasteiger partial charge in [0.25, 0.3) is 0 Å². The van der Waals surface area contributed by atoms with E-state index in [0.29, 0.717) is 51.9 Å². The van der Waals surface area contributed by atoms with Gasteiger partial charge in [-0.15, -0.1) is 0 Å². The zero-order valence-corrected chi connectivity index (χ0v) is 32.6. The first-order valence-electron chi connectivity index (χ1n) is 17.5. The highest BCUT2D eigenvalue weighted by Crippen LogP contribution is 2.31. The molecule has 0 radical (unpaired) electrons. The van der Waals surface area contributed by atoms with E-state index in [1.165, 1.54) is 12.1 Å². The van der Waals surface area contributed by atoms with Gasteiger partial charge in [-0.3, -0.25) is 0 Å². The zero-order valence-electron chi connectivity index (χ0n) is 30.2. The molecule has 6 rings (SSSR count). The Kier molecular flexibility index (Phi) is 12.8. The molecule has 0 heterocycles. The molecule has 0 fully saturated rings. The molecule has 0 unspecified atom stereocenters. The molecule has 290 valence electrons. The Morgan fingerprint density at radius 1 is 0.544 bits per heavy atom. The number of carbonyl (C=O) groups is 3. The van der Waals surface area contributed by atoms with Crippen molar-refractivity contribution in [1.82, 2.24) is 0 Å². The van der Waals surface area contributed by atoms with Crippen molar-refractivity contribution in [3.8, 4) is 0 Å². The van der Waals surface area contributed by atoms with Crippen molar-refractivity contribution in [2.24, 2.45) is 0 Å². The summed E-state index contributed by atoms with van der Waals surface area (Å²) >= 11 is 9.55. The normalized spacial score (nSPS) is 11.0. The van der Waals surface area contributed by atoms with E-state index in [0.717, 1.165) is 38.9 Å². The summed E-state index contributed by atoms with van der Waals surface area (Å²) in [6, 6.07) is 35.2. The average molecular weight is 856 g/mol. The molecule has 57 heavy (non-hydrogen) atoms. The number of hydrogen-bond acceptors (Lipinski definition) is 3. The number of hydrogen-bond donors (Lipinski definition) is 6. The average Bonchev–Trinajstić information content (AvgIpc) is 3.14. The van der Waals surface area contributed by atoms with Crippen molar-refractivity contribution in [2.75, 3.05) is 31.9 Å². The van der Waals surface area contributed by atoms with Crippen LogP contribution in [0.4, 0.5) is 61.7 Å². The van der Waals surface area contributed by atoms with Gasteiger partial charge >= 0.3 is 24.3 Å². The molecule has 0 bridgehead atoms. The van der Waals surface area contributed by atoms with Crippen LogP contribution in [0.3, 0.4) is 0 Å². The zero-order chi connectivity index (χ0) is 40.5. The SMILES string of the molecule is Cc1ccc(Cc2ccc(Cc3ccccc3NC(=O)Nc3cccc(C(F)(F)F)c3)cc2NC(=O)Nc2cccc(Cl)c2)cc1NC(=O)Nc1cccc(Br)c1.